The first-order chi connectivity index (χ1) is 9.71. The SMILES string of the molecule is CS(=O)(=O)N(N)[C@H]1C=C(Cl)CC[C@@H]1C(=O)N1CCOC1=O. The summed E-state index contributed by atoms with van der Waals surface area (Å²) in [5, 5.41) is 0.437. The van der Waals surface area contributed by atoms with E-state index in [1.807, 2.05) is 0 Å². The third-order valence-corrected chi connectivity index (χ3v) is 4.80. The van der Waals surface area contributed by atoms with E-state index in [1.54, 1.807) is 0 Å². The van der Waals surface area contributed by atoms with E-state index in [0.29, 0.717) is 22.3 Å². The molecule has 1 fully saturated rings. The maximum absolute atomic E-state index is 12.4. The van der Waals surface area contributed by atoms with E-state index in [-0.39, 0.29) is 13.2 Å². The molecule has 1 aliphatic carbocycles. The number of hydrogen-bond acceptors (Lipinski definition) is 6. The summed E-state index contributed by atoms with van der Waals surface area (Å²) in [6.07, 6.45) is 2.40. The van der Waals surface area contributed by atoms with Gasteiger partial charge in [-0.25, -0.2) is 18.1 Å². The number of cyclic esters (lactones) is 1. The standard InChI is InChI=1S/C11H16ClN3O5S/c1-21(18,19)15(13)9-6-7(12)2-3-8(9)10(16)14-4-5-20-11(14)17/h6,8-9H,2-5,13H2,1H3/t8-,9-/m0/s1. The maximum Gasteiger partial charge on any atom is 0.416 e. The highest BCUT2D eigenvalue weighted by Gasteiger charge is 2.41. The molecule has 1 heterocycles. The molecule has 0 bridgehead atoms. The number of carbonyl (C=O) groups is 2. The summed E-state index contributed by atoms with van der Waals surface area (Å²) in [5.41, 5.74) is 0. The molecule has 118 valence electrons. The molecule has 0 aromatic heterocycles. The quantitative estimate of drug-likeness (QED) is 0.573. The molecule has 1 aliphatic heterocycles. The zero-order valence-corrected chi connectivity index (χ0v) is 12.9. The van der Waals surface area contributed by atoms with E-state index in [0.717, 1.165) is 11.2 Å². The number of hydrazine groups is 1. The van der Waals surface area contributed by atoms with Crippen molar-refractivity contribution >= 4 is 33.6 Å². The molecule has 2 rings (SSSR count). The Bertz CT molecular complexity index is 591. The van der Waals surface area contributed by atoms with E-state index < -0.39 is 34.0 Å². The fraction of sp³-hybridized carbons (Fsp3) is 0.636. The van der Waals surface area contributed by atoms with Crippen LogP contribution in [0.5, 0.6) is 0 Å². The van der Waals surface area contributed by atoms with Crippen molar-refractivity contribution in [1.29, 1.82) is 0 Å². The number of hydrogen-bond donors (Lipinski definition) is 1. The van der Waals surface area contributed by atoms with Gasteiger partial charge in [-0.15, -0.1) is 4.41 Å². The van der Waals surface area contributed by atoms with E-state index >= 15 is 0 Å². The molecule has 0 unspecified atom stereocenters. The molecular formula is C11H16ClN3O5S. The second-order valence-corrected chi connectivity index (χ2v) is 7.32. The lowest BCUT2D eigenvalue weighted by atomic mass is 9.88. The fourth-order valence-corrected chi connectivity index (χ4v) is 3.27. The number of ether oxygens (including phenoxy) is 1. The molecule has 21 heavy (non-hydrogen) atoms. The van der Waals surface area contributed by atoms with Crippen LogP contribution in [-0.4, -0.2) is 55.2 Å². The minimum atomic E-state index is -3.71. The molecule has 0 aromatic carbocycles. The number of sulfonamides is 1. The lowest BCUT2D eigenvalue weighted by molar-refractivity contribution is -0.133. The van der Waals surface area contributed by atoms with Crippen LogP contribution in [0.2, 0.25) is 0 Å². The van der Waals surface area contributed by atoms with Crippen molar-refractivity contribution in [2.45, 2.75) is 18.9 Å². The van der Waals surface area contributed by atoms with Crippen molar-refractivity contribution in [2.75, 3.05) is 19.4 Å². The van der Waals surface area contributed by atoms with Crippen LogP contribution in [-0.2, 0) is 19.6 Å². The first-order valence-electron chi connectivity index (χ1n) is 6.30. The van der Waals surface area contributed by atoms with Crippen LogP contribution in [0.1, 0.15) is 12.8 Å². The van der Waals surface area contributed by atoms with Crippen molar-refractivity contribution in [3.63, 3.8) is 0 Å². The maximum atomic E-state index is 12.4. The van der Waals surface area contributed by atoms with E-state index in [9.17, 15) is 18.0 Å². The number of rotatable bonds is 3. The minimum absolute atomic E-state index is 0.136. The molecule has 2 N–H and O–H groups in total. The van der Waals surface area contributed by atoms with E-state index in [2.05, 4.69) is 0 Å². The summed E-state index contributed by atoms with van der Waals surface area (Å²) in [6.45, 7) is 0.290. The number of amides is 2. The predicted octanol–water partition coefficient (Wildman–Crippen LogP) is 0.00180. The van der Waals surface area contributed by atoms with Crippen molar-refractivity contribution in [2.24, 2.45) is 11.8 Å². The van der Waals surface area contributed by atoms with Gasteiger partial charge >= 0.3 is 6.09 Å². The summed E-state index contributed by atoms with van der Waals surface area (Å²) in [7, 11) is -3.71. The summed E-state index contributed by atoms with van der Waals surface area (Å²) < 4.78 is 28.5. The second-order valence-electron chi connectivity index (χ2n) is 4.95. The van der Waals surface area contributed by atoms with Crippen LogP contribution in [0.15, 0.2) is 11.1 Å². The van der Waals surface area contributed by atoms with Gasteiger partial charge in [-0.1, -0.05) is 11.6 Å². The lowest BCUT2D eigenvalue weighted by Crippen LogP contribution is -2.53. The van der Waals surface area contributed by atoms with Crippen molar-refractivity contribution in [3.05, 3.63) is 11.1 Å². The molecule has 0 aromatic rings. The first kappa shape index (κ1) is 16.2. The highest BCUT2D eigenvalue weighted by molar-refractivity contribution is 7.88. The number of allylic oxidation sites excluding steroid dienone is 1. The number of nitrogens with two attached hydrogens (primary N) is 1. The zero-order valence-electron chi connectivity index (χ0n) is 11.4. The van der Waals surface area contributed by atoms with Gasteiger partial charge in [0.15, 0.2) is 0 Å². The highest BCUT2D eigenvalue weighted by atomic mass is 35.5. The van der Waals surface area contributed by atoms with Crippen LogP contribution in [0.25, 0.3) is 0 Å². The molecular weight excluding hydrogens is 322 g/mol. The summed E-state index contributed by atoms with van der Waals surface area (Å²) >= 11 is 5.93. The van der Waals surface area contributed by atoms with Gasteiger partial charge in [0.1, 0.15) is 6.61 Å². The average molecular weight is 338 g/mol. The Morgan fingerprint density at radius 1 is 1.57 bits per heavy atom. The van der Waals surface area contributed by atoms with Crippen molar-refractivity contribution in [1.82, 2.24) is 9.31 Å². The van der Waals surface area contributed by atoms with Gasteiger partial charge in [-0.05, 0) is 18.9 Å². The second kappa shape index (κ2) is 5.91. The lowest BCUT2D eigenvalue weighted by Gasteiger charge is -2.33. The van der Waals surface area contributed by atoms with Gasteiger partial charge in [0.25, 0.3) is 0 Å². The fourth-order valence-electron chi connectivity index (χ4n) is 2.38. The summed E-state index contributed by atoms with van der Waals surface area (Å²) in [5.74, 6) is 4.34. The Kier molecular flexibility index (Phi) is 4.57. The summed E-state index contributed by atoms with van der Waals surface area (Å²) in [4.78, 5) is 24.9. The van der Waals surface area contributed by atoms with Crippen molar-refractivity contribution in [3.8, 4) is 0 Å². The predicted molar refractivity (Wildman–Crippen MR) is 74.4 cm³/mol. The van der Waals surface area contributed by atoms with Crippen LogP contribution < -0.4 is 5.84 Å². The Balaban J connectivity index is 2.28. The number of nitrogens with zero attached hydrogens (tertiary/aromatic N) is 2. The van der Waals surface area contributed by atoms with Crippen molar-refractivity contribution < 1.29 is 22.7 Å². The average Bonchev–Trinajstić information content (AvgIpc) is 2.82. The van der Waals surface area contributed by atoms with Gasteiger partial charge < -0.3 is 4.74 Å². The zero-order chi connectivity index (χ0) is 15.8. The number of carbonyl (C=O) groups excluding carboxylic acids is 2. The van der Waals surface area contributed by atoms with Gasteiger partial charge in [0.05, 0.1) is 24.8 Å². The monoisotopic (exact) mass is 337 g/mol. The first-order valence-corrected chi connectivity index (χ1v) is 8.53. The van der Waals surface area contributed by atoms with Gasteiger partial charge in [-0.2, -0.15) is 0 Å². The van der Waals surface area contributed by atoms with Crippen LogP contribution >= 0.6 is 11.6 Å². The molecule has 8 nitrogen and oxygen atoms in total. The van der Waals surface area contributed by atoms with Gasteiger partial charge in [0.2, 0.25) is 15.9 Å². The molecule has 2 atom stereocenters. The topological polar surface area (TPSA) is 110 Å². The number of imide groups is 1. The third-order valence-electron chi connectivity index (χ3n) is 3.48. The van der Waals surface area contributed by atoms with Crippen LogP contribution in [0.4, 0.5) is 4.79 Å². The normalized spacial score (nSPS) is 26.8. The highest BCUT2D eigenvalue weighted by Crippen LogP contribution is 2.31. The Morgan fingerprint density at radius 2 is 2.24 bits per heavy atom. The third kappa shape index (κ3) is 3.37. The smallest absolute Gasteiger partial charge is 0.416 e. The van der Waals surface area contributed by atoms with E-state index in [1.165, 1.54) is 6.08 Å². The summed E-state index contributed by atoms with van der Waals surface area (Å²) in [6, 6.07) is -0.915. The molecule has 10 heteroatoms. The van der Waals surface area contributed by atoms with Gasteiger partial charge in [0, 0.05) is 5.03 Å². The van der Waals surface area contributed by atoms with E-state index in [4.69, 9.17) is 22.2 Å². The molecule has 1 saturated heterocycles. The Labute approximate surface area is 127 Å². The molecule has 2 aliphatic rings. The number of halogens is 1. The van der Waals surface area contributed by atoms with Gasteiger partial charge in [-0.3, -0.25) is 10.6 Å². The largest absolute Gasteiger partial charge is 0.447 e. The Hall–Kier alpha value is -1.16. The minimum Gasteiger partial charge on any atom is -0.447 e. The molecule has 2 amide bonds. The Morgan fingerprint density at radius 3 is 2.76 bits per heavy atom. The molecule has 0 spiro atoms. The van der Waals surface area contributed by atoms with Crippen LogP contribution in [0.3, 0.4) is 0 Å². The molecule has 0 saturated carbocycles. The van der Waals surface area contributed by atoms with Crippen LogP contribution in [0, 0.1) is 5.92 Å². The molecule has 0 radical (unpaired) electrons.